The van der Waals surface area contributed by atoms with Crippen molar-refractivity contribution in [3.8, 4) is 28.7 Å². The monoisotopic (exact) mass is 482 g/mol. The molecule has 0 fully saturated rings. The summed E-state index contributed by atoms with van der Waals surface area (Å²) < 4.78 is 38.6. The summed E-state index contributed by atoms with van der Waals surface area (Å²) in [6.07, 6.45) is -0.0143. The maximum absolute atomic E-state index is 12.9. The summed E-state index contributed by atoms with van der Waals surface area (Å²) in [7, 11) is 4.54. The van der Waals surface area contributed by atoms with Gasteiger partial charge in [-0.25, -0.2) is 4.79 Å². The number of ether oxygens (including phenoxy) is 5. The SMILES string of the molecule is COc1cc(-c2nnc(COC(=O)c3oc4ccccc4c3COC(C)C)o2)cc(OC)c1OC. The zero-order chi connectivity index (χ0) is 24.9. The van der Waals surface area contributed by atoms with Crippen molar-refractivity contribution in [2.75, 3.05) is 21.3 Å². The molecule has 4 rings (SSSR count). The fourth-order valence-electron chi connectivity index (χ4n) is 3.48. The van der Waals surface area contributed by atoms with Crippen LogP contribution in [0.25, 0.3) is 22.4 Å². The standard InChI is InChI=1S/C25H26N2O8/c1-14(2)32-12-17-16-8-6-7-9-18(16)34-22(17)25(28)33-13-21-26-27-24(35-21)15-10-19(29-3)23(31-5)20(11-15)30-4/h6-11,14H,12-13H2,1-5H3. The Hall–Kier alpha value is -4.05. The maximum Gasteiger partial charge on any atom is 0.375 e. The number of fused-ring (bicyclic) bond motifs is 1. The van der Waals surface area contributed by atoms with Gasteiger partial charge in [0.2, 0.25) is 17.4 Å². The van der Waals surface area contributed by atoms with Crippen LogP contribution in [0.3, 0.4) is 0 Å². The van der Waals surface area contributed by atoms with Crippen molar-refractivity contribution in [2.24, 2.45) is 0 Å². The van der Waals surface area contributed by atoms with E-state index in [9.17, 15) is 4.79 Å². The number of hydrogen-bond donors (Lipinski definition) is 0. The molecule has 0 aliphatic heterocycles. The van der Waals surface area contributed by atoms with Gasteiger partial charge < -0.3 is 32.5 Å². The normalized spacial score (nSPS) is 11.1. The van der Waals surface area contributed by atoms with Gasteiger partial charge in [0.05, 0.1) is 34.0 Å². The molecule has 0 aliphatic carbocycles. The number of furan rings is 1. The lowest BCUT2D eigenvalue weighted by atomic mass is 10.1. The van der Waals surface area contributed by atoms with E-state index in [1.807, 2.05) is 32.0 Å². The third-order valence-electron chi connectivity index (χ3n) is 5.15. The lowest BCUT2D eigenvalue weighted by Gasteiger charge is -2.12. The van der Waals surface area contributed by atoms with E-state index in [0.717, 1.165) is 5.39 Å². The second kappa shape index (κ2) is 10.5. The van der Waals surface area contributed by atoms with Gasteiger partial charge >= 0.3 is 5.97 Å². The summed E-state index contributed by atoms with van der Waals surface area (Å²) in [6, 6.07) is 10.7. The molecule has 0 aliphatic rings. The van der Waals surface area contributed by atoms with E-state index in [1.165, 1.54) is 21.3 Å². The number of aromatic nitrogens is 2. The third kappa shape index (κ3) is 5.07. The molecule has 2 aromatic carbocycles. The van der Waals surface area contributed by atoms with Crippen molar-refractivity contribution in [1.82, 2.24) is 10.2 Å². The van der Waals surface area contributed by atoms with Gasteiger partial charge in [0.15, 0.2) is 18.1 Å². The van der Waals surface area contributed by atoms with Crippen LogP contribution >= 0.6 is 0 Å². The fourth-order valence-corrected chi connectivity index (χ4v) is 3.48. The van der Waals surface area contributed by atoms with Gasteiger partial charge in [0, 0.05) is 16.5 Å². The third-order valence-corrected chi connectivity index (χ3v) is 5.15. The summed E-state index contributed by atoms with van der Waals surface area (Å²) >= 11 is 0. The number of para-hydroxylation sites is 1. The van der Waals surface area contributed by atoms with Gasteiger partial charge in [-0.3, -0.25) is 0 Å². The number of methoxy groups -OCH3 is 3. The minimum absolute atomic E-state index is 0.0143. The minimum Gasteiger partial charge on any atom is -0.493 e. The molecular weight excluding hydrogens is 456 g/mol. The second-order valence-corrected chi connectivity index (χ2v) is 7.76. The molecule has 0 amide bonds. The minimum atomic E-state index is -0.656. The Labute approximate surface area is 201 Å². The summed E-state index contributed by atoms with van der Waals surface area (Å²) in [6.45, 7) is 3.81. The first-order valence-electron chi connectivity index (χ1n) is 10.9. The van der Waals surface area contributed by atoms with E-state index in [2.05, 4.69) is 10.2 Å². The highest BCUT2D eigenvalue weighted by Gasteiger charge is 2.23. The first-order chi connectivity index (χ1) is 16.9. The van der Waals surface area contributed by atoms with E-state index in [-0.39, 0.29) is 36.9 Å². The van der Waals surface area contributed by atoms with E-state index in [1.54, 1.807) is 18.2 Å². The Morgan fingerprint density at radius 3 is 2.31 bits per heavy atom. The fraction of sp³-hybridized carbons (Fsp3) is 0.320. The highest BCUT2D eigenvalue weighted by Crippen LogP contribution is 2.40. The number of esters is 1. The van der Waals surface area contributed by atoms with Crippen LogP contribution in [-0.4, -0.2) is 43.6 Å². The molecule has 4 aromatic rings. The van der Waals surface area contributed by atoms with Gasteiger partial charge in [-0.15, -0.1) is 10.2 Å². The van der Waals surface area contributed by atoms with Crippen molar-refractivity contribution < 1.29 is 37.3 Å². The molecule has 184 valence electrons. The van der Waals surface area contributed by atoms with Crippen LogP contribution < -0.4 is 14.2 Å². The Bertz CT molecular complexity index is 1300. The van der Waals surface area contributed by atoms with Gasteiger partial charge in [0.25, 0.3) is 5.89 Å². The summed E-state index contributed by atoms with van der Waals surface area (Å²) in [5.74, 6) is 1.05. The van der Waals surface area contributed by atoms with Crippen LogP contribution in [0.1, 0.15) is 35.9 Å². The smallest absolute Gasteiger partial charge is 0.375 e. The number of carbonyl (C=O) groups excluding carboxylic acids is 1. The number of rotatable bonds is 10. The summed E-state index contributed by atoms with van der Waals surface area (Å²) in [5.41, 5.74) is 1.75. The Kier molecular flexibility index (Phi) is 7.21. The predicted octanol–water partition coefficient (Wildman–Crippen LogP) is 4.79. The molecule has 0 bridgehead atoms. The summed E-state index contributed by atoms with van der Waals surface area (Å²) in [4.78, 5) is 12.9. The highest BCUT2D eigenvalue weighted by molar-refractivity contribution is 5.96. The largest absolute Gasteiger partial charge is 0.493 e. The predicted molar refractivity (Wildman–Crippen MR) is 125 cm³/mol. The van der Waals surface area contributed by atoms with Crippen molar-refractivity contribution >= 4 is 16.9 Å². The number of hydrogen-bond acceptors (Lipinski definition) is 10. The number of carbonyl (C=O) groups is 1. The quantitative estimate of drug-likeness (QED) is 0.292. The molecular formula is C25H26N2O8. The molecule has 0 N–H and O–H groups in total. The molecule has 10 nitrogen and oxygen atoms in total. The average Bonchev–Trinajstić information content (AvgIpc) is 3.50. The van der Waals surface area contributed by atoms with Gasteiger partial charge in [-0.2, -0.15) is 0 Å². The van der Waals surface area contributed by atoms with Crippen molar-refractivity contribution in [3.63, 3.8) is 0 Å². The van der Waals surface area contributed by atoms with Crippen LogP contribution in [0.5, 0.6) is 17.2 Å². The highest BCUT2D eigenvalue weighted by atomic mass is 16.6. The van der Waals surface area contributed by atoms with Gasteiger partial charge in [-0.05, 0) is 32.0 Å². The van der Waals surface area contributed by atoms with Crippen molar-refractivity contribution in [1.29, 1.82) is 0 Å². The van der Waals surface area contributed by atoms with Crippen molar-refractivity contribution in [2.45, 2.75) is 33.2 Å². The lowest BCUT2D eigenvalue weighted by molar-refractivity contribution is 0.0381. The Morgan fingerprint density at radius 1 is 0.943 bits per heavy atom. The van der Waals surface area contributed by atoms with Crippen LogP contribution in [0.15, 0.2) is 45.2 Å². The molecule has 10 heteroatoms. The maximum atomic E-state index is 12.9. The first kappa shape index (κ1) is 24.1. The van der Waals surface area contributed by atoms with Gasteiger partial charge in [0.1, 0.15) is 5.58 Å². The van der Waals surface area contributed by atoms with E-state index < -0.39 is 5.97 Å². The van der Waals surface area contributed by atoms with Crippen molar-refractivity contribution in [3.05, 3.63) is 53.6 Å². The molecule has 35 heavy (non-hydrogen) atoms. The zero-order valence-electron chi connectivity index (χ0n) is 20.1. The molecule has 0 radical (unpaired) electrons. The molecule has 0 spiro atoms. The van der Waals surface area contributed by atoms with E-state index in [0.29, 0.717) is 34.0 Å². The number of benzene rings is 2. The summed E-state index contributed by atoms with van der Waals surface area (Å²) in [5, 5.41) is 8.81. The Morgan fingerprint density at radius 2 is 1.66 bits per heavy atom. The van der Waals surface area contributed by atoms with Crippen LogP contribution in [0.4, 0.5) is 0 Å². The van der Waals surface area contributed by atoms with Gasteiger partial charge in [-0.1, -0.05) is 18.2 Å². The average molecular weight is 482 g/mol. The van der Waals surface area contributed by atoms with E-state index in [4.69, 9.17) is 32.5 Å². The van der Waals surface area contributed by atoms with Crippen LogP contribution in [0.2, 0.25) is 0 Å². The molecule has 0 atom stereocenters. The van der Waals surface area contributed by atoms with E-state index >= 15 is 0 Å². The molecule has 2 aromatic heterocycles. The molecule has 0 saturated heterocycles. The second-order valence-electron chi connectivity index (χ2n) is 7.76. The molecule has 0 unspecified atom stereocenters. The lowest BCUT2D eigenvalue weighted by Crippen LogP contribution is -2.09. The topological polar surface area (TPSA) is 115 Å². The molecule has 2 heterocycles. The van der Waals surface area contributed by atoms with Crippen LogP contribution in [-0.2, 0) is 22.7 Å². The zero-order valence-corrected chi connectivity index (χ0v) is 20.1. The first-order valence-corrected chi connectivity index (χ1v) is 10.9. The number of nitrogens with zero attached hydrogens (tertiary/aromatic N) is 2. The molecule has 0 saturated carbocycles. The Balaban J connectivity index is 1.52. The van der Waals surface area contributed by atoms with Crippen LogP contribution in [0, 0.1) is 0 Å².